The number of nitrogens with zero attached hydrogens (tertiary/aromatic N) is 2. The monoisotopic (exact) mass is 529 g/mol. The summed E-state index contributed by atoms with van der Waals surface area (Å²) in [4.78, 5) is 13.8. The highest BCUT2D eigenvalue weighted by Gasteiger charge is 2.58. The summed E-state index contributed by atoms with van der Waals surface area (Å²) < 4.78 is 92.8. The van der Waals surface area contributed by atoms with Gasteiger partial charge in [-0.25, -0.2) is 17.6 Å². The maximum Gasteiger partial charge on any atom is 0.283 e. The highest BCUT2D eigenvalue weighted by molar-refractivity contribution is 7.87. The van der Waals surface area contributed by atoms with E-state index in [9.17, 15) is 17.6 Å². The number of ether oxygens (including phenoxy) is 1. The summed E-state index contributed by atoms with van der Waals surface area (Å²) in [6.07, 6.45) is -0.952. The van der Waals surface area contributed by atoms with Crippen LogP contribution in [0.4, 0.5) is 17.6 Å². The minimum Gasteiger partial charge on any atom is -0.368 e. The third-order valence-corrected chi connectivity index (χ3v) is 8.01. The molecule has 0 aromatic heterocycles. The van der Waals surface area contributed by atoms with Crippen LogP contribution >= 0.6 is 0 Å². The number of rotatable bonds is 7. The Morgan fingerprint density at radius 1 is 1.22 bits per heavy atom. The predicted octanol–water partition coefficient (Wildman–Crippen LogP) is 2.88. The molecule has 2 saturated heterocycles. The molecular weight excluding hydrogens is 502 g/mol. The largest absolute Gasteiger partial charge is 0.368 e. The number of hydrogen-bond donors (Lipinski definition) is 1. The molecule has 4 rings (SSSR count). The smallest absolute Gasteiger partial charge is 0.283 e. The van der Waals surface area contributed by atoms with Crippen molar-refractivity contribution in [3.63, 3.8) is 0 Å². The van der Waals surface area contributed by atoms with Gasteiger partial charge in [-0.1, -0.05) is 24.3 Å². The van der Waals surface area contributed by atoms with E-state index in [1.165, 1.54) is 38.4 Å². The number of carbonyl (C=O) groups is 1. The van der Waals surface area contributed by atoms with Crippen LogP contribution in [0.5, 0.6) is 0 Å². The summed E-state index contributed by atoms with van der Waals surface area (Å²) in [5.41, 5.74) is 0.883. The molecule has 0 bridgehead atoms. The van der Waals surface area contributed by atoms with Crippen molar-refractivity contribution in [1.29, 1.82) is 0 Å². The highest BCUT2D eigenvalue weighted by atomic mass is 32.2. The van der Waals surface area contributed by atoms with Gasteiger partial charge < -0.3 is 9.64 Å². The zero-order chi connectivity index (χ0) is 26.4. The fourth-order valence-corrected chi connectivity index (χ4v) is 5.36. The van der Waals surface area contributed by atoms with Crippen molar-refractivity contribution in [1.82, 2.24) is 13.9 Å². The Morgan fingerprint density at radius 2 is 1.92 bits per heavy atom. The summed E-state index contributed by atoms with van der Waals surface area (Å²) in [5, 5.41) is 0. The average molecular weight is 530 g/mol. The molecule has 0 unspecified atom stereocenters. The predicted molar refractivity (Wildman–Crippen MR) is 125 cm³/mol. The minimum atomic E-state index is -4.31. The van der Waals surface area contributed by atoms with Crippen LogP contribution in [0.3, 0.4) is 0 Å². The first kappa shape index (κ1) is 26.5. The lowest BCUT2D eigenvalue weighted by Gasteiger charge is -2.34. The summed E-state index contributed by atoms with van der Waals surface area (Å²) in [7, 11) is -1.95. The van der Waals surface area contributed by atoms with E-state index in [-0.39, 0.29) is 16.7 Å². The molecule has 12 heteroatoms. The van der Waals surface area contributed by atoms with Crippen LogP contribution < -0.4 is 4.72 Å². The lowest BCUT2D eigenvalue weighted by atomic mass is 9.94. The van der Waals surface area contributed by atoms with Crippen molar-refractivity contribution >= 4 is 16.1 Å². The molecule has 3 atom stereocenters. The molecule has 2 heterocycles. The van der Waals surface area contributed by atoms with Crippen LogP contribution in [0.25, 0.3) is 11.1 Å². The number of alkyl halides is 2. The Kier molecular flexibility index (Phi) is 7.17. The highest BCUT2D eigenvalue weighted by Crippen LogP contribution is 2.37. The summed E-state index contributed by atoms with van der Waals surface area (Å²) >= 11 is 0. The van der Waals surface area contributed by atoms with E-state index < -0.39 is 64.8 Å². The second-order valence-corrected chi connectivity index (χ2v) is 11.2. The van der Waals surface area contributed by atoms with Gasteiger partial charge in [-0.15, -0.1) is 0 Å². The fourth-order valence-electron chi connectivity index (χ4n) is 4.50. The third-order valence-electron chi connectivity index (χ3n) is 6.50. The first-order valence-corrected chi connectivity index (χ1v) is 12.8. The molecular formula is C24H27F4N3O4S. The van der Waals surface area contributed by atoms with Crippen LogP contribution in [0, 0.1) is 18.6 Å². The average Bonchev–Trinajstić information content (AvgIpc) is 2.97. The van der Waals surface area contributed by atoms with Gasteiger partial charge in [0.25, 0.3) is 22.0 Å². The number of amides is 1. The first-order chi connectivity index (χ1) is 16.8. The second-order valence-electron chi connectivity index (χ2n) is 9.33. The molecule has 1 amide bonds. The molecule has 2 aliphatic heterocycles. The van der Waals surface area contributed by atoms with E-state index in [4.69, 9.17) is 4.74 Å². The molecule has 2 aromatic rings. The second kappa shape index (κ2) is 9.73. The van der Waals surface area contributed by atoms with Crippen LogP contribution in [0.1, 0.15) is 17.5 Å². The quantitative estimate of drug-likeness (QED) is 0.560. The minimum absolute atomic E-state index is 0.0153. The summed E-state index contributed by atoms with van der Waals surface area (Å²) in [6.45, 7) is 0.926. The number of benzene rings is 2. The summed E-state index contributed by atoms with van der Waals surface area (Å²) in [5.74, 6) is -5.64. The number of halogens is 4. The summed E-state index contributed by atoms with van der Waals surface area (Å²) in [6, 6.07) is 4.96. The number of likely N-dealkylation sites (tertiary alicyclic amines) is 1. The zero-order valence-electron chi connectivity index (χ0n) is 20.0. The maximum absolute atomic E-state index is 15.6. The number of hydrogen-bond acceptors (Lipinski definition) is 4. The number of aryl methyl sites for hydroxylation is 1. The van der Waals surface area contributed by atoms with Gasteiger partial charge in [0.1, 0.15) is 23.8 Å². The standard InChI is InChI=1S/C24H27F4N3O4S/c1-14-9-16(11-17(25)10-14)18-6-4-5-15(21(18)26)12-19-22(29-36(33,34)30(2)3)24(27,28)13-31(19)23(32)20-7-8-35-20/h4-6,9-11,19-20,22,29H,7-8,12-13H2,1-3H3/t19-,20-,22+/m0/s1. The Hall–Kier alpha value is -2.54. The fraction of sp³-hybridized carbons (Fsp3) is 0.458. The Bertz CT molecular complexity index is 1250. The molecule has 1 N–H and O–H groups in total. The van der Waals surface area contributed by atoms with Crippen molar-refractivity contribution in [2.24, 2.45) is 0 Å². The molecule has 36 heavy (non-hydrogen) atoms. The normalized spacial score (nSPS) is 23.7. The number of carbonyl (C=O) groups excluding carboxylic acids is 1. The van der Waals surface area contributed by atoms with Crippen molar-refractivity contribution in [2.45, 2.75) is 43.9 Å². The van der Waals surface area contributed by atoms with Crippen LogP contribution in [0.15, 0.2) is 36.4 Å². The third kappa shape index (κ3) is 5.13. The van der Waals surface area contributed by atoms with Crippen LogP contribution in [-0.4, -0.2) is 74.9 Å². The Balaban J connectivity index is 1.74. The number of nitrogens with one attached hydrogen (secondary N) is 1. The SMILES string of the molecule is Cc1cc(F)cc(-c2cccc(C[C@H]3[C@@H](NS(=O)(=O)N(C)C)C(F)(F)CN3C(=O)[C@@H]3CCO3)c2F)c1. The van der Waals surface area contributed by atoms with Gasteiger partial charge >= 0.3 is 0 Å². The van der Waals surface area contributed by atoms with Gasteiger partial charge in [-0.2, -0.15) is 17.4 Å². The molecule has 7 nitrogen and oxygen atoms in total. The van der Waals surface area contributed by atoms with Gasteiger partial charge in [0.15, 0.2) is 0 Å². The molecule has 0 saturated carbocycles. The van der Waals surface area contributed by atoms with Crippen molar-refractivity contribution in [2.75, 3.05) is 27.2 Å². The molecule has 2 fully saturated rings. The van der Waals surface area contributed by atoms with Gasteiger partial charge in [0.05, 0.1) is 19.2 Å². The molecule has 0 aliphatic carbocycles. The van der Waals surface area contributed by atoms with Gasteiger partial charge in [-0.05, 0) is 42.2 Å². The molecule has 0 radical (unpaired) electrons. The Morgan fingerprint density at radius 3 is 2.50 bits per heavy atom. The lowest BCUT2D eigenvalue weighted by Crippen LogP contribution is -2.55. The molecule has 2 aromatic carbocycles. The molecule has 0 spiro atoms. The Labute approximate surface area is 207 Å². The van der Waals surface area contributed by atoms with E-state index in [0.29, 0.717) is 18.6 Å². The van der Waals surface area contributed by atoms with E-state index in [0.717, 1.165) is 15.3 Å². The molecule has 196 valence electrons. The van der Waals surface area contributed by atoms with Gasteiger partial charge in [0.2, 0.25) is 0 Å². The van der Waals surface area contributed by atoms with E-state index in [1.54, 1.807) is 13.0 Å². The maximum atomic E-state index is 15.6. The van der Waals surface area contributed by atoms with Gasteiger partial charge in [-0.3, -0.25) is 4.79 Å². The zero-order valence-corrected chi connectivity index (χ0v) is 20.8. The van der Waals surface area contributed by atoms with Crippen LogP contribution in [-0.2, 0) is 26.2 Å². The topological polar surface area (TPSA) is 79.0 Å². The van der Waals surface area contributed by atoms with E-state index in [1.807, 2.05) is 4.72 Å². The van der Waals surface area contributed by atoms with E-state index in [2.05, 4.69) is 0 Å². The van der Waals surface area contributed by atoms with E-state index >= 15 is 13.2 Å². The molecule has 2 aliphatic rings. The van der Waals surface area contributed by atoms with Crippen molar-refractivity contribution < 1.29 is 35.5 Å². The van der Waals surface area contributed by atoms with Crippen molar-refractivity contribution in [3.8, 4) is 11.1 Å². The van der Waals surface area contributed by atoms with Crippen molar-refractivity contribution in [3.05, 3.63) is 59.2 Å². The first-order valence-electron chi connectivity index (χ1n) is 11.3. The van der Waals surface area contributed by atoms with Gasteiger partial charge in [0, 0.05) is 26.1 Å². The van der Waals surface area contributed by atoms with Crippen LogP contribution in [0.2, 0.25) is 0 Å². The lowest BCUT2D eigenvalue weighted by molar-refractivity contribution is -0.158.